The standard InChI is InChI=1S/C13H21BrN2S/c1-3-5-12(15-8-4-2)10-17-13-7-6-11(14)9-16-13/h6-7,9,12,15H,3-5,8,10H2,1-2H3. The SMILES string of the molecule is CCCNC(CCC)CSc1ccc(Br)cn1. The molecule has 0 aromatic carbocycles. The van der Waals surface area contributed by atoms with Crippen LogP contribution in [0.5, 0.6) is 0 Å². The second kappa shape index (κ2) is 8.95. The third-order valence-corrected chi connectivity index (χ3v) is 4.03. The average molecular weight is 317 g/mol. The van der Waals surface area contributed by atoms with Crippen LogP contribution in [-0.4, -0.2) is 23.3 Å². The Hall–Kier alpha value is -0.0600. The van der Waals surface area contributed by atoms with Gasteiger partial charge in [-0.05, 0) is 47.4 Å². The summed E-state index contributed by atoms with van der Waals surface area (Å²) in [6.45, 7) is 5.56. The predicted molar refractivity (Wildman–Crippen MR) is 79.7 cm³/mol. The lowest BCUT2D eigenvalue weighted by Crippen LogP contribution is -2.31. The van der Waals surface area contributed by atoms with Crippen LogP contribution in [-0.2, 0) is 0 Å². The summed E-state index contributed by atoms with van der Waals surface area (Å²) in [5, 5.41) is 4.70. The van der Waals surface area contributed by atoms with Crippen molar-refractivity contribution in [1.29, 1.82) is 0 Å². The van der Waals surface area contributed by atoms with Crippen LogP contribution < -0.4 is 5.32 Å². The summed E-state index contributed by atoms with van der Waals surface area (Å²) in [6.07, 6.45) is 5.53. The Kier molecular flexibility index (Phi) is 7.90. The summed E-state index contributed by atoms with van der Waals surface area (Å²) >= 11 is 5.23. The van der Waals surface area contributed by atoms with Gasteiger partial charge in [-0.3, -0.25) is 0 Å². The summed E-state index contributed by atoms with van der Waals surface area (Å²) in [5.74, 6) is 1.10. The van der Waals surface area contributed by atoms with Crippen LogP contribution in [0.4, 0.5) is 0 Å². The van der Waals surface area contributed by atoms with E-state index in [2.05, 4.69) is 46.1 Å². The molecule has 0 amide bonds. The lowest BCUT2D eigenvalue weighted by Gasteiger charge is -2.16. The number of hydrogen-bond acceptors (Lipinski definition) is 3. The molecule has 1 N–H and O–H groups in total. The van der Waals surface area contributed by atoms with Crippen LogP contribution in [0.2, 0.25) is 0 Å². The number of hydrogen-bond donors (Lipinski definition) is 1. The van der Waals surface area contributed by atoms with E-state index in [4.69, 9.17) is 0 Å². The Morgan fingerprint density at radius 2 is 2.18 bits per heavy atom. The van der Waals surface area contributed by atoms with E-state index in [1.807, 2.05) is 24.0 Å². The van der Waals surface area contributed by atoms with Crippen molar-refractivity contribution in [2.45, 2.75) is 44.2 Å². The van der Waals surface area contributed by atoms with Gasteiger partial charge in [0.25, 0.3) is 0 Å². The molecular weight excluding hydrogens is 296 g/mol. The van der Waals surface area contributed by atoms with Crippen molar-refractivity contribution >= 4 is 27.7 Å². The fourth-order valence-corrected chi connectivity index (χ4v) is 2.76. The second-order valence-electron chi connectivity index (χ2n) is 4.07. The molecule has 0 aliphatic rings. The van der Waals surface area contributed by atoms with Gasteiger partial charge in [-0.15, -0.1) is 11.8 Å². The van der Waals surface area contributed by atoms with Crippen molar-refractivity contribution in [2.75, 3.05) is 12.3 Å². The molecule has 0 bridgehead atoms. The van der Waals surface area contributed by atoms with Gasteiger partial charge in [-0.25, -0.2) is 4.98 Å². The van der Waals surface area contributed by atoms with Crippen LogP contribution in [0, 0.1) is 0 Å². The maximum atomic E-state index is 4.38. The first kappa shape index (κ1) is 15.0. The minimum atomic E-state index is 0.607. The molecule has 0 radical (unpaired) electrons. The number of halogens is 1. The number of aromatic nitrogens is 1. The van der Waals surface area contributed by atoms with E-state index in [0.717, 1.165) is 21.8 Å². The van der Waals surface area contributed by atoms with Gasteiger partial charge in [0, 0.05) is 22.5 Å². The zero-order chi connectivity index (χ0) is 12.5. The molecule has 1 heterocycles. The lowest BCUT2D eigenvalue weighted by molar-refractivity contribution is 0.514. The quantitative estimate of drug-likeness (QED) is 0.731. The highest BCUT2D eigenvalue weighted by molar-refractivity contribution is 9.10. The third-order valence-electron chi connectivity index (χ3n) is 2.45. The zero-order valence-electron chi connectivity index (χ0n) is 10.6. The van der Waals surface area contributed by atoms with E-state index in [1.54, 1.807) is 0 Å². The lowest BCUT2D eigenvalue weighted by atomic mass is 10.2. The third kappa shape index (κ3) is 6.43. The summed E-state index contributed by atoms with van der Waals surface area (Å²) < 4.78 is 1.04. The summed E-state index contributed by atoms with van der Waals surface area (Å²) in [4.78, 5) is 4.38. The molecular formula is C13H21BrN2S. The molecule has 0 saturated heterocycles. The normalized spacial score (nSPS) is 12.6. The Balaban J connectivity index is 2.37. The van der Waals surface area contributed by atoms with E-state index in [0.29, 0.717) is 6.04 Å². The van der Waals surface area contributed by atoms with Crippen molar-refractivity contribution in [2.24, 2.45) is 0 Å². The molecule has 17 heavy (non-hydrogen) atoms. The molecule has 1 rings (SSSR count). The second-order valence-corrected chi connectivity index (χ2v) is 6.02. The highest BCUT2D eigenvalue weighted by atomic mass is 79.9. The molecule has 96 valence electrons. The molecule has 1 unspecified atom stereocenters. The average Bonchev–Trinajstić information content (AvgIpc) is 2.35. The van der Waals surface area contributed by atoms with Crippen LogP contribution in [0.1, 0.15) is 33.1 Å². The van der Waals surface area contributed by atoms with Crippen molar-refractivity contribution in [3.05, 3.63) is 22.8 Å². The van der Waals surface area contributed by atoms with Crippen LogP contribution in [0.3, 0.4) is 0 Å². The summed E-state index contributed by atoms with van der Waals surface area (Å²) in [5.41, 5.74) is 0. The topological polar surface area (TPSA) is 24.9 Å². The smallest absolute Gasteiger partial charge is 0.0961 e. The van der Waals surface area contributed by atoms with E-state index >= 15 is 0 Å². The maximum Gasteiger partial charge on any atom is 0.0961 e. The van der Waals surface area contributed by atoms with Gasteiger partial charge >= 0.3 is 0 Å². The van der Waals surface area contributed by atoms with Crippen molar-refractivity contribution in [3.63, 3.8) is 0 Å². The van der Waals surface area contributed by atoms with Gasteiger partial charge < -0.3 is 5.32 Å². The Morgan fingerprint density at radius 1 is 1.35 bits per heavy atom. The van der Waals surface area contributed by atoms with Crippen molar-refractivity contribution in [1.82, 2.24) is 10.3 Å². The van der Waals surface area contributed by atoms with Crippen LogP contribution in [0.15, 0.2) is 27.8 Å². The van der Waals surface area contributed by atoms with Crippen molar-refractivity contribution in [3.8, 4) is 0 Å². The Bertz CT molecular complexity index is 303. The maximum absolute atomic E-state index is 4.38. The van der Waals surface area contributed by atoms with Crippen molar-refractivity contribution < 1.29 is 0 Å². The number of pyridine rings is 1. The van der Waals surface area contributed by atoms with E-state index in [-0.39, 0.29) is 0 Å². The molecule has 1 aromatic rings. The van der Waals surface area contributed by atoms with Gasteiger partial charge in [0.2, 0.25) is 0 Å². The fraction of sp³-hybridized carbons (Fsp3) is 0.615. The highest BCUT2D eigenvalue weighted by Gasteiger charge is 2.07. The fourth-order valence-electron chi connectivity index (χ4n) is 1.57. The molecule has 0 saturated carbocycles. The van der Waals surface area contributed by atoms with Crippen LogP contribution >= 0.6 is 27.7 Å². The Morgan fingerprint density at radius 3 is 2.76 bits per heavy atom. The van der Waals surface area contributed by atoms with Gasteiger partial charge in [-0.2, -0.15) is 0 Å². The number of nitrogens with one attached hydrogen (secondary N) is 1. The largest absolute Gasteiger partial charge is 0.313 e. The number of nitrogens with zero attached hydrogens (tertiary/aromatic N) is 1. The molecule has 2 nitrogen and oxygen atoms in total. The highest BCUT2D eigenvalue weighted by Crippen LogP contribution is 2.19. The summed E-state index contributed by atoms with van der Waals surface area (Å²) in [7, 11) is 0. The van der Waals surface area contributed by atoms with Gasteiger partial charge in [-0.1, -0.05) is 20.3 Å². The molecule has 0 spiro atoms. The summed E-state index contributed by atoms with van der Waals surface area (Å²) in [6, 6.07) is 4.72. The van der Waals surface area contributed by atoms with E-state index in [9.17, 15) is 0 Å². The molecule has 0 fully saturated rings. The molecule has 4 heteroatoms. The number of rotatable bonds is 8. The minimum absolute atomic E-state index is 0.607. The van der Waals surface area contributed by atoms with Gasteiger partial charge in [0.1, 0.15) is 0 Å². The zero-order valence-corrected chi connectivity index (χ0v) is 13.0. The molecule has 0 aliphatic carbocycles. The molecule has 1 atom stereocenters. The van der Waals surface area contributed by atoms with E-state index in [1.165, 1.54) is 19.3 Å². The Labute approximate surface area is 117 Å². The monoisotopic (exact) mass is 316 g/mol. The number of thioether (sulfide) groups is 1. The first-order valence-corrected chi connectivity index (χ1v) is 8.01. The molecule has 0 aliphatic heterocycles. The van der Waals surface area contributed by atoms with Gasteiger partial charge in [0.05, 0.1) is 5.03 Å². The minimum Gasteiger partial charge on any atom is -0.313 e. The van der Waals surface area contributed by atoms with Crippen LogP contribution in [0.25, 0.3) is 0 Å². The predicted octanol–water partition coefficient (Wildman–Crippen LogP) is 4.10. The van der Waals surface area contributed by atoms with Gasteiger partial charge in [0.15, 0.2) is 0 Å². The first-order valence-electron chi connectivity index (χ1n) is 6.24. The molecule has 1 aromatic heterocycles. The first-order chi connectivity index (χ1) is 8.26. The van der Waals surface area contributed by atoms with E-state index < -0.39 is 0 Å².